The van der Waals surface area contributed by atoms with Gasteiger partial charge in [0.2, 0.25) is 5.91 Å². The van der Waals surface area contributed by atoms with Gasteiger partial charge in [0.05, 0.1) is 0 Å². The molecular formula is C15H23N3O. The highest BCUT2D eigenvalue weighted by molar-refractivity contribution is 5.75. The van der Waals surface area contributed by atoms with Crippen LogP contribution in [0.5, 0.6) is 0 Å². The molecule has 1 aromatic rings. The second kappa shape index (κ2) is 6.15. The zero-order valence-electron chi connectivity index (χ0n) is 11.6. The number of rotatable bonds is 7. The number of amides is 1. The summed E-state index contributed by atoms with van der Waals surface area (Å²) in [6.45, 7) is 1.51. The molecule has 104 valence electrons. The second-order valence-electron chi connectivity index (χ2n) is 5.66. The van der Waals surface area contributed by atoms with Crippen LogP contribution in [0.25, 0.3) is 0 Å². The second-order valence-corrected chi connectivity index (χ2v) is 5.66. The van der Waals surface area contributed by atoms with Gasteiger partial charge in [-0.05, 0) is 49.9 Å². The summed E-state index contributed by atoms with van der Waals surface area (Å²) in [5.41, 5.74) is 7.22. The summed E-state index contributed by atoms with van der Waals surface area (Å²) < 4.78 is 0. The predicted octanol–water partition coefficient (Wildman–Crippen LogP) is 1.60. The zero-order valence-corrected chi connectivity index (χ0v) is 11.6. The quantitative estimate of drug-likeness (QED) is 0.811. The van der Waals surface area contributed by atoms with E-state index in [0.29, 0.717) is 13.0 Å². The van der Waals surface area contributed by atoms with E-state index in [1.807, 2.05) is 24.1 Å². The molecule has 0 radical (unpaired) electrons. The first-order chi connectivity index (χ1) is 9.15. The molecule has 2 rings (SSSR count). The van der Waals surface area contributed by atoms with Gasteiger partial charge in [-0.1, -0.05) is 0 Å². The Balaban J connectivity index is 1.69. The summed E-state index contributed by atoms with van der Waals surface area (Å²) in [5.74, 6) is 0.230. The fraction of sp³-hybridized carbons (Fsp3) is 0.600. The van der Waals surface area contributed by atoms with Crippen LogP contribution in [0.15, 0.2) is 24.5 Å². The molecule has 2 N–H and O–H groups in total. The molecule has 0 spiro atoms. The average molecular weight is 261 g/mol. The number of pyridine rings is 1. The van der Waals surface area contributed by atoms with Gasteiger partial charge >= 0.3 is 0 Å². The number of hydrogen-bond acceptors (Lipinski definition) is 3. The lowest BCUT2D eigenvalue weighted by Crippen LogP contribution is -2.35. The number of nitrogens with two attached hydrogens (primary N) is 1. The molecule has 0 atom stereocenters. The maximum atomic E-state index is 12.0. The van der Waals surface area contributed by atoms with E-state index >= 15 is 0 Å². The van der Waals surface area contributed by atoms with Gasteiger partial charge in [-0.15, -0.1) is 0 Å². The minimum absolute atomic E-state index is 0.230. The van der Waals surface area contributed by atoms with Crippen LogP contribution in [0.3, 0.4) is 0 Å². The topological polar surface area (TPSA) is 59.2 Å². The van der Waals surface area contributed by atoms with Crippen molar-refractivity contribution in [1.82, 2.24) is 9.88 Å². The van der Waals surface area contributed by atoms with E-state index in [1.54, 1.807) is 12.4 Å². The Morgan fingerprint density at radius 3 is 2.68 bits per heavy atom. The van der Waals surface area contributed by atoms with Gasteiger partial charge in [0.1, 0.15) is 0 Å². The van der Waals surface area contributed by atoms with E-state index in [0.717, 1.165) is 32.2 Å². The van der Waals surface area contributed by atoms with Crippen LogP contribution in [0.1, 0.15) is 31.2 Å². The summed E-state index contributed by atoms with van der Waals surface area (Å²) in [7, 11) is 1.89. The summed E-state index contributed by atoms with van der Waals surface area (Å²) in [5, 5.41) is 0. The van der Waals surface area contributed by atoms with Gasteiger partial charge in [-0.3, -0.25) is 9.78 Å². The highest BCUT2D eigenvalue weighted by atomic mass is 16.2. The van der Waals surface area contributed by atoms with Crippen LogP contribution in [-0.2, 0) is 11.2 Å². The fourth-order valence-corrected chi connectivity index (χ4v) is 2.38. The molecule has 1 aliphatic rings. The lowest BCUT2D eigenvalue weighted by molar-refractivity contribution is -0.130. The number of aryl methyl sites for hydroxylation is 1. The maximum absolute atomic E-state index is 12.0. The highest BCUT2D eigenvalue weighted by Gasteiger charge is 2.42. The van der Waals surface area contributed by atoms with E-state index in [-0.39, 0.29) is 11.3 Å². The van der Waals surface area contributed by atoms with E-state index in [4.69, 9.17) is 5.73 Å². The van der Waals surface area contributed by atoms with Crippen molar-refractivity contribution in [3.63, 3.8) is 0 Å². The summed E-state index contributed by atoms with van der Waals surface area (Å²) >= 11 is 0. The predicted molar refractivity (Wildman–Crippen MR) is 75.5 cm³/mol. The Morgan fingerprint density at radius 2 is 2.11 bits per heavy atom. The summed E-state index contributed by atoms with van der Waals surface area (Å²) in [6, 6.07) is 4.00. The average Bonchev–Trinajstić information content (AvgIpc) is 3.20. The van der Waals surface area contributed by atoms with Gasteiger partial charge in [-0.25, -0.2) is 0 Å². The number of carbonyl (C=O) groups excluding carboxylic acids is 1. The highest BCUT2D eigenvalue weighted by Crippen LogP contribution is 2.44. The molecule has 0 saturated heterocycles. The van der Waals surface area contributed by atoms with Crippen molar-refractivity contribution >= 4 is 5.91 Å². The van der Waals surface area contributed by atoms with Gasteiger partial charge in [-0.2, -0.15) is 0 Å². The molecule has 0 aromatic carbocycles. The molecule has 1 aliphatic carbocycles. The third-order valence-corrected chi connectivity index (χ3v) is 3.99. The number of aromatic nitrogens is 1. The zero-order chi connectivity index (χ0) is 13.7. The molecule has 4 nitrogen and oxygen atoms in total. The maximum Gasteiger partial charge on any atom is 0.222 e. The normalized spacial score (nSPS) is 16.1. The number of nitrogens with zero attached hydrogens (tertiary/aromatic N) is 2. The third kappa shape index (κ3) is 4.03. The van der Waals surface area contributed by atoms with Crippen molar-refractivity contribution < 1.29 is 4.79 Å². The van der Waals surface area contributed by atoms with Crippen LogP contribution in [-0.4, -0.2) is 35.9 Å². The van der Waals surface area contributed by atoms with Crippen LogP contribution in [0, 0.1) is 5.41 Å². The molecule has 1 aromatic heterocycles. The van der Waals surface area contributed by atoms with Crippen LogP contribution >= 0.6 is 0 Å². The Labute approximate surface area is 115 Å². The van der Waals surface area contributed by atoms with Gasteiger partial charge < -0.3 is 10.6 Å². The molecule has 1 saturated carbocycles. The summed E-state index contributed by atoms with van der Waals surface area (Å²) in [4.78, 5) is 17.9. The Bertz CT molecular complexity index is 415. The molecule has 0 aliphatic heterocycles. The minimum atomic E-state index is 0.230. The van der Waals surface area contributed by atoms with Gasteiger partial charge in [0.25, 0.3) is 0 Å². The smallest absolute Gasteiger partial charge is 0.222 e. The molecular weight excluding hydrogens is 238 g/mol. The van der Waals surface area contributed by atoms with Crippen molar-refractivity contribution in [3.05, 3.63) is 30.1 Å². The third-order valence-electron chi connectivity index (χ3n) is 3.99. The number of carbonyl (C=O) groups is 1. The fourth-order valence-electron chi connectivity index (χ4n) is 2.38. The molecule has 0 bridgehead atoms. The lowest BCUT2D eigenvalue weighted by atomic mass is 10.1. The largest absolute Gasteiger partial charge is 0.345 e. The van der Waals surface area contributed by atoms with E-state index in [9.17, 15) is 4.79 Å². The van der Waals surface area contributed by atoms with Crippen LogP contribution < -0.4 is 5.73 Å². The van der Waals surface area contributed by atoms with Gasteiger partial charge in [0.15, 0.2) is 0 Å². The first kappa shape index (κ1) is 14.0. The Hall–Kier alpha value is -1.42. The number of hydrogen-bond donors (Lipinski definition) is 1. The van der Waals surface area contributed by atoms with E-state index in [2.05, 4.69) is 4.98 Å². The first-order valence-corrected chi connectivity index (χ1v) is 6.98. The molecule has 0 unspecified atom stereocenters. The molecule has 19 heavy (non-hydrogen) atoms. The molecule has 1 heterocycles. The standard InChI is InChI=1S/C15H23N3O/c1-18(12-15(11-16)7-8-15)14(19)4-2-3-13-5-9-17-10-6-13/h5-6,9-10H,2-4,7-8,11-12,16H2,1H3. The van der Waals surface area contributed by atoms with Crippen LogP contribution in [0.2, 0.25) is 0 Å². The molecule has 4 heteroatoms. The van der Waals surface area contributed by atoms with E-state index in [1.165, 1.54) is 5.56 Å². The molecule has 1 amide bonds. The van der Waals surface area contributed by atoms with Crippen molar-refractivity contribution in [3.8, 4) is 0 Å². The Morgan fingerprint density at radius 1 is 1.42 bits per heavy atom. The van der Waals surface area contributed by atoms with Crippen molar-refractivity contribution in [2.75, 3.05) is 20.1 Å². The summed E-state index contributed by atoms with van der Waals surface area (Å²) in [6.07, 6.45) is 8.35. The van der Waals surface area contributed by atoms with Crippen molar-refractivity contribution in [1.29, 1.82) is 0 Å². The SMILES string of the molecule is CN(CC1(CN)CC1)C(=O)CCCc1ccncc1. The van der Waals surface area contributed by atoms with Crippen molar-refractivity contribution in [2.45, 2.75) is 32.1 Å². The van der Waals surface area contributed by atoms with Gasteiger partial charge in [0, 0.05) is 37.8 Å². The minimum Gasteiger partial charge on any atom is -0.345 e. The van der Waals surface area contributed by atoms with Crippen molar-refractivity contribution in [2.24, 2.45) is 11.1 Å². The molecule has 1 fully saturated rings. The first-order valence-electron chi connectivity index (χ1n) is 6.98. The lowest BCUT2D eigenvalue weighted by Gasteiger charge is -2.22. The van der Waals surface area contributed by atoms with Crippen LogP contribution in [0.4, 0.5) is 0 Å². The monoisotopic (exact) mass is 261 g/mol. The Kier molecular flexibility index (Phi) is 4.53. The van der Waals surface area contributed by atoms with E-state index < -0.39 is 0 Å².